The molecule has 3 aromatic heterocycles. The van der Waals surface area contributed by atoms with Gasteiger partial charge in [0.2, 0.25) is 5.91 Å². The first-order valence-corrected chi connectivity index (χ1v) is 12.8. The molecular formula is C23H25N7OS2. The van der Waals surface area contributed by atoms with Crippen LogP contribution < -0.4 is 4.90 Å². The number of piperazine rings is 1. The second kappa shape index (κ2) is 9.48. The van der Waals surface area contributed by atoms with Crippen molar-refractivity contribution >= 4 is 45.0 Å². The molecule has 4 aromatic rings. The predicted octanol–water partition coefficient (Wildman–Crippen LogP) is 3.72. The summed E-state index contributed by atoms with van der Waals surface area (Å²) in [4.78, 5) is 26.9. The van der Waals surface area contributed by atoms with Gasteiger partial charge in [-0.15, -0.1) is 21.5 Å². The van der Waals surface area contributed by atoms with Crippen molar-refractivity contribution in [1.29, 1.82) is 0 Å². The number of aromatic nitrogens is 5. The molecule has 170 valence electrons. The number of carbonyl (C=O) groups is 1. The van der Waals surface area contributed by atoms with Crippen LogP contribution in [0.3, 0.4) is 0 Å². The number of nitrogens with zero attached hydrogens (tertiary/aromatic N) is 7. The Morgan fingerprint density at radius 2 is 1.97 bits per heavy atom. The Balaban J connectivity index is 1.21. The van der Waals surface area contributed by atoms with Crippen LogP contribution in [0.15, 0.2) is 47.2 Å². The molecule has 0 unspecified atom stereocenters. The van der Waals surface area contributed by atoms with Crippen molar-refractivity contribution in [3.8, 4) is 11.4 Å². The number of carbonyl (C=O) groups excluding carboxylic acids is 1. The third-order valence-corrected chi connectivity index (χ3v) is 7.58. The minimum absolute atomic E-state index is 0.130. The minimum atomic E-state index is 0.130. The zero-order valence-corrected chi connectivity index (χ0v) is 20.3. The summed E-state index contributed by atoms with van der Waals surface area (Å²) >= 11 is 3.08. The Morgan fingerprint density at radius 1 is 1.12 bits per heavy atom. The molecule has 0 atom stereocenters. The largest absolute Gasteiger partial charge is 0.352 e. The summed E-state index contributed by atoms with van der Waals surface area (Å²) < 4.78 is 2.08. The summed E-state index contributed by atoms with van der Waals surface area (Å²) in [5.41, 5.74) is 2.23. The van der Waals surface area contributed by atoms with Crippen LogP contribution in [0.25, 0.3) is 21.6 Å². The smallest absolute Gasteiger partial charge is 0.233 e. The SMILES string of the molecule is CCn1c(SCC(=O)N2CCN(c3ncnc4sccc34)CC2)nnc1-c1cccc(C)c1. The Bertz CT molecular complexity index is 1280. The van der Waals surface area contributed by atoms with Gasteiger partial charge in [0.05, 0.1) is 11.1 Å². The highest BCUT2D eigenvalue weighted by molar-refractivity contribution is 7.99. The first-order chi connectivity index (χ1) is 16.1. The molecular weight excluding hydrogens is 454 g/mol. The normalized spacial score (nSPS) is 14.2. The van der Waals surface area contributed by atoms with Crippen LogP contribution in [0.2, 0.25) is 0 Å². The third-order valence-electron chi connectivity index (χ3n) is 5.81. The van der Waals surface area contributed by atoms with Crippen LogP contribution in [0.1, 0.15) is 12.5 Å². The number of amides is 1. The van der Waals surface area contributed by atoms with Gasteiger partial charge in [-0.05, 0) is 31.4 Å². The third kappa shape index (κ3) is 4.45. The molecule has 1 amide bonds. The lowest BCUT2D eigenvalue weighted by molar-refractivity contribution is -0.128. The second-order valence-electron chi connectivity index (χ2n) is 7.91. The van der Waals surface area contributed by atoms with E-state index in [4.69, 9.17) is 0 Å². The maximum Gasteiger partial charge on any atom is 0.233 e. The number of rotatable bonds is 6. The quantitative estimate of drug-likeness (QED) is 0.390. The summed E-state index contributed by atoms with van der Waals surface area (Å²) in [6.45, 7) is 7.79. The zero-order valence-electron chi connectivity index (χ0n) is 18.6. The van der Waals surface area contributed by atoms with Gasteiger partial charge in [-0.25, -0.2) is 9.97 Å². The van der Waals surface area contributed by atoms with E-state index in [-0.39, 0.29) is 5.91 Å². The van der Waals surface area contributed by atoms with E-state index in [9.17, 15) is 4.79 Å². The van der Waals surface area contributed by atoms with Crippen LogP contribution in [0.5, 0.6) is 0 Å². The van der Waals surface area contributed by atoms with Gasteiger partial charge in [0.25, 0.3) is 0 Å². The van der Waals surface area contributed by atoms with Crippen molar-refractivity contribution in [2.75, 3.05) is 36.8 Å². The van der Waals surface area contributed by atoms with Crippen molar-refractivity contribution < 1.29 is 4.79 Å². The van der Waals surface area contributed by atoms with E-state index in [0.717, 1.165) is 52.2 Å². The summed E-state index contributed by atoms with van der Waals surface area (Å²) in [5, 5.41) is 12.7. The molecule has 1 fully saturated rings. The highest BCUT2D eigenvalue weighted by Gasteiger charge is 2.24. The Morgan fingerprint density at radius 3 is 2.76 bits per heavy atom. The van der Waals surface area contributed by atoms with E-state index in [1.807, 2.05) is 22.4 Å². The van der Waals surface area contributed by atoms with Crippen molar-refractivity contribution in [3.05, 3.63) is 47.6 Å². The van der Waals surface area contributed by atoms with Crippen LogP contribution >= 0.6 is 23.1 Å². The second-order valence-corrected chi connectivity index (χ2v) is 9.75. The molecule has 0 aliphatic carbocycles. The Kier molecular flexibility index (Phi) is 6.28. The molecule has 0 spiro atoms. The Labute approximate surface area is 200 Å². The van der Waals surface area contributed by atoms with E-state index in [1.165, 1.54) is 17.3 Å². The van der Waals surface area contributed by atoms with Crippen LogP contribution in [0, 0.1) is 6.92 Å². The van der Waals surface area contributed by atoms with E-state index in [0.29, 0.717) is 18.8 Å². The van der Waals surface area contributed by atoms with Gasteiger partial charge >= 0.3 is 0 Å². The maximum absolute atomic E-state index is 12.9. The molecule has 10 heteroatoms. The van der Waals surface area contributed by atoms with E-state index < -0.39 is 0 Å². The standard InChI is InChI=1S/C23H25N7OS2/c1-3-30-20(17-6-4-5-16(2)13-17)26-27-23(30)33-14-19(31)28-8-10-29(11-9-28)21-18-7-12-32-22(18)25-15-24-21/h4-7,12-13,15H,3,8-11,14H2,1-2H3. The fourth-order valence-corrected chi connectivity index (χ4v) is 5.72. The molecule has 0 bridgehead atoms. The van der Waals surface area contributed by atoms with E-state index in [1.54, 1.807) is 17.7 Å². The van der Waals surface area contributed by atoms with Crippen molar-refractivity contribution in [2.24, 2.45) is 0 Å². The van der Waals surface area contributed by atoms with E-state index >= 15 is 0 Å². The molecule has 0 radical (unpaired) electrons. The van der Waals surface area contributed by atoms with Gasteiger partial charge in [-0.3, -0.25) is 4.79 Å². The summed E-state index contributed by atoms with van der Waals surface area (Å²) in [5.74, 6) is 2.29. The number of aryl methyl sites for hydroxylation is 1. The van der Waals surface area contributed by atoms with Gasteiger partial charge < -0.3 is 14.4 Å². The maximum atomic E-state index is 12.9. The molecule has 1 aliphatic rings. The summed E-state index contributed by atoms with van der Waals surface area (Å²) in [6, 6.07) is 10.3. The van der Waals surface area contributed by atoms with Crippen molar-refractivity contribution in [2.45, 2.75) is 25.5 Å². The number of anilines is 1. The lowest BCUT2D eigenvalue weighted by atomic mass is 10.1. The lowest BCUT2D eigenvalue weighted by Crippen LogP contribution is -2.49. The summed E-state index contributed by atoms with van der Waals surface area (Å²) in [7, 11) is 0. The summed E-state index contributed by atoms with van der Waals surface area (Å²) in [6.07, 6.45) is 1.62. The van der Waals surface area contributed by atoms with Crippen LogP contribution in [-0.4, -0.2) is 67.5 Å². The number of hydrogen-bond acceptors (Lipinski definition) is 8. The average Bonchev–Trinajstić information content (AvgIpc) is 3.49. The molecule has 1 saturated heterocycles. The fourth-order valence-electron chi connectivity index (χ4n) is 4.09. The number of thiophene rings is 1. The van der Waals surface area contributed by atoms with Gasteiger partial charge in [0.15, 0.2) is 11.0 Å². The van der Waals surface area contributed by atoms with Crippen molar-refractivity contribution in [3.63, 3.8) is 0 Å². The Hall–Kier alpha value is -2.98. The number of benzene rings is 1. The topological polar surface area (TPSA) is 80.0 Å². The molecule has 0 N–H and O–H groups in total. The molecule has 1 aliphatic heterocycles. The zero-order chi connectivity index (χ0) is 22.8. The first kappa shape index (κ1) is 21.8. The highest BCUT2D eigenvalue weighted by Crippen LogP contribution is 2.28. The number of fused-ring (bicyclic) bond motifs is 1. The van der Waals surface area contributed by atoms with Gasteiger partial charge in [0.1, 0.15) is 17.0 Å². The highest BCUT2D eigenvalue weighted by atomic mass is 32.2. The van der Waals surface area contributed by atoms with Crippen LogP contribution in [-0.2, 0) is 11.3 Å². The molecule has 4 heterocycles. The minimum Gasteiger partial charge on any atom is -0.352 e. The van der Waals surface area contributed by atoms with Crippen LogP contribution in [0.4, 0.5) is 5.82 Å². The number of hydrogen-bond donors (Lipinski definition) is 0. The van der Waals surface area contributed by atoms with E-state index in [2.05, 4.69) is 61.7 Å². The monoisotopic (exact) mass is 479 g/mol. The predicted molar refractivity (Wildman–Crippen MR) is 133 cm³/mol. The van der Waals surface area contributed by atoms with Gasteiger partial charge in [-0.1, -0.05) is 35.5 Å². The molecule has 1 aromatic carbocycles. The molecule has 33 heavy (non-hydrogen) atoms. The number of thioether (sulfide) groups is 1. The fraction of sp³-hybridized carbons (Fsp3) is 0.348. The average molecular weight is 480 g/mol. The molecule has 8 nitrogen and oxygen atoms in total. The first-order valence-electron chi connectivity index (χ1n) is 11.0. The van der Waals surface area contributed by atoms with Gasteiger partial charge in [-0.2, -0.15) is 0 Å². The van der Waals surface area contributed by atoms with Gasteiger partial charge in [0, 0.05) is 38.3 Å². The molecule has 5 rings (SSSR count). The van der Waals surface area contributed by atoms with Crippen molar-refractivity contribution in [1.82, 2.24) is 29.6 Å². The molecule has 0 saturated carbocycles. The lowest BCUT2D eigenvalue weighted by Gasteiger charge is -2.35.